The highest BCUT2D eigenvalue weighted by molar-refractivity contribution is 7.85. The van der Waals surface area contributed by atoms with Crippen molar-refractivity contribution in [1.29, 1.82) is 0 Å². The minimum absolute atomic E-state index is 0.242. The Hall–Kier alpha value is -2.91. The minimum Gasteiger partial charge on any atom is -0.453 e. The van der Waals surface area contributed by atoms with E-state index in [2.05, 4.69) is 0 Å². The summed E-state index contributed by atoms with van der Waals surface area (Å²) in [7, 11) is -3.67. The van der Waals surface area contributed by atoms with Gasteiger partial charge in [-0.25, -0.2) is 0 Å². The molecule has 0 heterocycles. The largest absolute Gasteiger partial charge is 0.453 e. The van der Waals surface area contributed by atoms with Crippen molar-refractivity contribution in [2.45, 2.75) is 46.8 Å². The van der Waals surface area contributed by atoms with Crippen LogP contribution < -0.4 is 15.2 Å². The first-order valence-corrected chi connectivity index (χ1v) is 13.0. The third-order valence-electron chi connectivity index (χ3n) is 5.15. The first-order chi connectivity index (χ1) is 16.1. The Morgan fingerprint density at radius 1 is 0.800 bits per heavy atom. The van der Waals surface area contributed by atoms with E-state index < -0.39 is 22.3 Å². The van der Waals surface area contributed by atoms with Gasteiger partial charge in [-0.15, -0.1) is 0 Å². The fourth-order valence-corrected chi connectivity index (χ4v) is 3.02. The Morgan fingerprint density at radius 2 is 1.20 bits per heavy atom. The van der Waals surface area contributed by atoms with Crippen LogP contribution in [0.4, 0.5) is 0 Å². The molecule has 0 aliphatic heterocycles. The highest BCUT2D eigenvalue weighted by Crippen LogP contribution is 2.38. The predicted molar refractivity (Wildman–Crippen MR) is 139 cm³/mol. The standard InChI is InChI=1S/C26H31NO3.CH4O3S/c1-17-6-11-20(12-7-17)29-22-15-10-19(24(28)25(27)26(3,4)5)16-23(22)30-21-13-8-18(2)9-14-21;1-5(2,3)4/h6-16,24-25,28H,27H2,1-5H3;1H3,(H,2,3,4). The summed E-state index contributed by atoms with van der Waals surface area (Å²) in [6.07, 6.45) is -0.105. The smallest absolute Gasteiger partial charge is 0.261 e. The Morgan fingerprint density at radius 3 is 1.60 bits per heavy atom. The van der Waals surface area contributed by atoms with Crippen molar-refractivity contribution in [1.82, 2.24) is 0 Å². The highest BCUT2D eigenvalue weighted by Gasteiger charge is 2.29. The second-order valence-electron chi connectivity index (χ2n) is 9.61. The Bertz CT molecular complexity index is 1190. The molecular weight excluding hydrogens is 466 g/mol. The quantitative estimate of drug-likeness (QED) is 0.365. The maximum Gasteiger partial charge on any atom is 0.261 e. The Kier molecular flexibility index (Phi) is 9.45. The first kappa shape index (κ1) is 28.3. The molecule has 3 aromatic rings. The number of aliphatic hydroxyl groups is 1. The molecule has 0 aliphatic rings. The number of benzene rings is 3. The molecule has 0 amide bonds. The minimum atomic E-state index is -3.67. The second-order valence-corrected chi connectivity index (χ2v) is 11.1. The van der Waals surface area contributed by atoms with Crippen LogP contribution in [0.2, 0.25) is 0 Å². The molecule has 0 bridgehead atoms. The zero-order valence-corrected chi connectivity index (χ0v) is 21.8. The Labute approximate surface area is 208 Å². The summed E-state index contributed by atoms with van der Waals surface area (Å²) in [6, 6.07) is 20.7. The number of rotatable bonds is 6. The molecule has 3 aromatic carbocycles. The molecule has 0 saturated heterocycles. The van der Waals surface area contributed by atoms with E-state index in [1.807, 2.05) is 95.3 Å². The van der Waals surface area contributed by atoms with Crippen LogP contribution in [0.25, 0.3) is 0 Å². The van der Waals surface area contributed by atoms with E-state index in [0.29, 0.717) is 34.8 Å². The summed E-state index contributed by atoms with van der Waals surface area (Å²) >= 11 is 0. The maximum absolute atomic E-state index is 10.8. The topological polar surface area (TPSA) is 119 Å². The van der Waals surface area contributed by atoms with Gasteiger partial charge in [0.1, 0.15) is 11.5 Å². The average molecular weight is 502 g/mol. The van der Waals surface area contributed by atoms with Gasteiger partial charge in [0.2, 0.25) is 0 Å². The van der Waals surface area contributed by atoms with Gasteiger partial charge in [-0.1, -0.05) is 62.2 Å². The molecule has 0 aromatic heterocycles. The molecule has 0 fully saturated rings. The number of aryl methyl sites for hydroxylation is 2. The van der Waals surface area contributed by atoms with Crippen molar-refractivity contribution in [2.24, 2.45) is 11.1 Å². The molecule has 8 heteroatoms. The van der Waals surface area contributed by atoms with Crippen LogP contribution in [0, 0.1) is 19.3 Å². The van der Waals surface area contributed by atoms with Crippen molar-refractivity contribution < 1.29 is 27.6 Å². The van der Waals surface area contributed by atoms with Gasteiger partial charge >= 0.3 is 0 Å². The van der Waals surface area contributed by atoms with Crippen molar-refractivity contribution in [3.8, 4) is 23.0 Å². The summed E-state index contributed by atoms with van der Waals surface area (Å²) in [4.78, 5) is 0. The van der Waals surface area contributed by atoms with Crippen molar-refractivity contribution >= 4 is 10.1 Å². The highest BCUT2D eigenvalue weighted by atomic mass is 32.2. The number of hydrogen-bond acceptors (Lipinski definition) is 6. The van der Waals surface area contributed by atoms with Gasteiger partial charge in [0.05, 0.1) is 12.4 Å². The van der Waals surface area contributed by atoms with E-state index in [4.69, 9.17) is 19.8 Å². The fourth-order valence-electron chi connectivity index (χ4n) is 3.02. The van der Waals surface area contributed by atoms with E-state index in [9.17, 15) is 13.5 Å². The second kappa shape index (κ2) is 11.7. The van der Waals surface area contributed by atoms with Gasteiger partial charge in [-0.3, -0.25) is 4.55 Å². The molecule has 7 nitrogen and oxygen atoms in total. The molecule has 4 N–H and O–H groups in total. The zero-order valence-electron chi connectivity index (χ0n) is 21.0. The van der Waals surface area contributed by atoms with E-state index in [1.54, 1.807) is 6.07 Å². The molecule has 35 heavy (non-hydrogen) atoms. The third kappa shape index (κ3) is 9.70. The van der Waals surface area contributed by atoms with Crippen LogP contribution in [0.15, 0.2) is 66.7 Å². The monoisotopic (exact) mass is 501 g/mol. The molecule has 190 valence electrons. The van der Waals surface area contributed by atoms with Gasteiger partial charge in [-0.2, -0.15) is 8.42 Å². The van der Waals surface area contributed by atoms with Crippen LogP contribution in [-0.2, 0) is 10.1 Å². The lowest BCUT2D eigenvalue weighted by molar-refractivity contribution is 0.0924. The summed E-state index contributed by atoms with van der Waals surface area (Å²) in [6.45, 7) is 10.1. The number of hydrogen-bond donors (Lipinski definition) is 3. The molecule has 0 saturated carbocycles. The predicted octanol–water partition coefficient (Wildman–Crippen LogP) is 5.80. The lowest BCUT2D eigenvalue weighted by Crippen LogP contribution is -2.40. The number of aliphatic hydroxyl groups excluding tert-OH is 1. The lowest BCUT2D eigenvalue weighted by atomic mass is 9.82. The fraction of sp³-hybridized carbons (Fsp3) is 0.333. The van der Waals surface area contributed by atoms with Crippen LogP contribution in [-0.4, -0.2) is 30.4 Å². The molecule has 2 unspecified atom stereocenters. The maximum atomic E-state index is 10.8. The van der Waals surface area contributed by atoms with Crippen molar-refractivity contribution in [3.05, 3.63) is 83.4 Å². The van der Waals surface area contributed by atoms with Gasteiger partial charge in [0.15, 0.2) is 11.5 Å². The molecular formula is C27H35NO6S. The number of ether oxygens (including phenoxy) is 2. The van der Waals surface area contributed by atoms with Crippen molar-refractivity contribution in [3.63, 3.8) is 0 Å². The van der Waals surface area contributed by atoms with E-state index in [-0.39, 0.29) is 5.41 Å². The van der Waals surface area contributed by atoms with Crippen LogP contribution in [0.3, 0.4) is 0 Å². The summed E-state index contributed by atoms with van der Waals surface area (Å²) in [5.74, 6) is 2.51. The summed E-state index contributed by atoms with van der Waals surface area (Å²) in [5.41, 5.74) is 9.06. The van der Waals surface area contributed by atoms with Gasteiger partial charge < -0.3 is 20.3 Å². The van der Waals surface area contributed by atoms with Gasteiger partial charge in [0.25, 0.3) is 10.1 Å². The van der Waals surface area contributed by atoms with Crippen LogP contribution in [0.1, 0.15) is 43.6 Å². The zero-order chi connectivity index (χ0) is 26.4. The van der Waals surface area contributed by atoms with Crippen molar-refractivity contribution in [2.75, 3.05) is 6.26 Å². The summed E-state index contributed by atoms with van der Waals surface area (Å²) in [5, 5.41) is 10.8. The third-order valence-corrected chi connectivity index (χ3v) is 5.15. The molecule has 2 atom stereocenters. The lowest BCUT2D eigenvalue weighted by Gasteiger charge is -2.31. The molecule has 0 aliphatic carbocycles. The number of nitrogens with two attached hydrogens (primary N) is 1. The van der Waals surface area contributed by atoms with Gasteiger partial charge in [-0.05, 0) is 61.2 Å². The van der Waals surface area contributed by atoms with E-state index >= 15 is 0 Å². The summed E-state index contributed by atoms with van der Waals surface area (Å²) < 4.78 is 38.1. The molecule has 0 radical (unpaired) electrons. The normalized spacial score (nSPS) is 13.3. The molecule has 0 spiro atoms. The SMILES string of the molecule is CS(=O)(=O)O.Cc1ccc(Oc2ccc(C(O)C(N)C(C)(C)C)cc2Oc2ccc(C)cc2)cc1. The van der Waals surface area contributed by atoms with Gasteiger partial charge in [0, 0.05) is 6.04 Å². The van der Waals surface area contributed by atoms with Crippen LogP contribution in [0.5, 0.6) is 23.0 Å². The van der Waals surface area contributed by atoms with E-state index in [0.717, 1.165) is 11.1 Å². The first-order valence-electron chi connectivity index (χ1n) is 11.1. The average Bonchev–Trinajstić information content (AvgIpc) is 2.75. The Balaban J connectivity index is 0.000000784. The van der Waals surface area contributed by atoms with E-state index in [1.165, 1.54) is 0 Å². The molecule has 3 rings (SSSR count). The van der Waals surface area contributed by atoms with Crippen LogP contribution >= 0.6 is 0 Å².